The van der Waals surface area contributed by atoms with Crippen molar-refractivity contribution >= 4 is 22.9 Å². The summed E-state index contributed by atoms with van der Waals surface area (Å²) in [6, 6.07) is 21.5. The first-order valence-corrected chi connectivity index (χ1v) is 12.4. The summed E-state index contributed by atoms with van der Waals surface area (Å²) in [6.45, 7) is 3.31. The van der Waals surface area contributed by atoms with E-state index in [2.05, 4.69) is 27.4 Å². The van der Waals surface area contributed by atoms with Crippen LogP contribution in [0.2, 0.25) is 0 Å². The summed E-state index contributed by atoms with van der Waals surface area (Å²) in [5.41, 5.74) is 4.77. The highest BCUT2D eigenvalue weighted by Gasteiger charge is 2.29. The van der Waals surface area contributed by atoms with E-state index < -0.39 is 0 Å². The van der Waals surface area contributed by atoms with E-state index in [9.17, 15) is 4.79 Å². The lowest BCUT2D eigenvalue weighted by molar-refractivity contribution is 0.211. The fraction of sp³-hybridized carbons (Fsp3) is 0.276. The van der Waals surface area contributed by atoms with E-state index in [1.807, 2.05) is 66.4 Å². The highest BCUT2D eigenvalue weighted by molar-refractivity contribution is 5.91. The number of para-hydroxylation sites is 2. The summed E-state index contributed by atoms with van der Waals surface area (Å²) in [5, 5.41) is 2.97. The van der Waals surface area contributed by atoms with Crippen molar-refractivity contribution in [1.82, 2.24) is 14.9 Å². The normalized spacial score (nSPS) is 15.0. The Bertz CT molecular complexity index is 1410. The molecule has 1 unspecified atom stereocenters. The molecule has 1 atom stereocenters. The number of nitrogens with zero attached hydrogens (tertiary/aromatic N) is 3. The molecule has 5 rings (SSSR count). The second-order valence-electron chi connectivity index (χ2n) is 8.79. The second-order valence-corrected chi connectivity index (χ2v) is 8.79. The SMILES string of the molecule is CCOc1nc2ccccc2nc1NC(=O)N1CCc2cc(OC)c(OC)cc2C(c2ccccc2)C1. The number of benzene rings is 3. The number of carbonyl (C=O) groups is 1. The van der Waals surface area contributed by atoms with Gasteiger partial charge in [0.05, 0.1) is 31.9 Å². The van der Waals surface area contributed by atoms with Gasteiger partial charge in [0.1, 0.15) is 0 Å². The molecule has 4 aromatic rings. The van der Waals surface area contributed by atoms with Crippen molar-refractivity contribution in [1.29, 1.82) is 0 Å². The number of methoxy groups -OCH3 is 2. The summed E-state index contributed by atoms with van der Waals surface area (Å²) in [6.07, 6.45) is 0.675. The standard InChI is InChI=1S/C29H30N4O4/c1-4-37-28-27(30-23-12-8-9-13-24(23)31-28)32-29(34)33-15-14-20-16-25(35-2)26(36-3)17-21(20)22(18-33)19-10-6-5-7-11-19/h5-13,16-17,22H,4,14-15,18H2,1-3H3,(H,30,32,34). The van der Waals surface area contributed by atoms with Crippen LogP contribution < -0.4 is 19.5 Å². The highest BCUT2D eigenvalue weighted by atomic mass is 16.5. The second kappa shape index (κ2) is 10.7. The summed E-state index contributed by atoms with van der Waals surface area (Å²) >= 11 is 0. The molecule has 2 heterocycles. The van der Waals surface area contributed by atoms with Crippen LogP contribution in [-0.2, 0) is 6.42 Å². The minimum atomic E-state index is -0.252. The van der Waals surface area contributed by atoms with Crippen molar-refractivity contribution in [2.24, 2.45) is 0 Å². The molecule has 37 heavy (non-hydrogen) atoms. The topological polar surface area (TPSA) is 85.8 Å². The quantitative estimate of drug-likeness (QED) is 0.390. The average molecular weight is 499 g/mol. The number of rotatable bonds is 6. The summed E-state index contributed by atoms with van der Waals surface area (Å²) in [5.74, 6) is 1.93. The van der Waals surface area contributed by atoms with E-state index in [0.717, 1.165) is 16.7 Å². The zero-order valence-corrected chi connectivity index (χ0v) is 21.2. The Morgan fingerprint density at radius 2 is 1.65 bits per heavy atom. The first-order chi connectivity index (χ1) is 18.1. The minimum Gasteiger partial charge on any atom is -0.493 e. The van der Waals surface area contributed by atoms with Crippen molar-refractivity contribution in [3.05, 3.63) is 83.4 Å². The van der Waals surface area contributed by atoms with Gasteiger partial charge in [-0.15, -0.1) is 0 Å². The molecular formula is C29H30N4O4. The van der Waals surface area contributed by atoms with Gasteiger partial charge in [-0.25, -0.2) is 14.8 Å². The van der Waals surface area contributed by atoms with E-state index >= 15 is 0 Å². The van der Waals surface area contributed by atoms with Gasteiger partial charge in [-0.1, -0.05) is 42.5 Å². The molecule has 2 amide bonds. The van der Waals surface area contributed by atoms with Gasteiger partial charge < -0.3 is 19.1 Å². The largest absolute Gasteiger partial charge is 0.493 e. The number of amides is 2. The van der Waals surface area contributed by atoms with Crippen LogP contribution in [0.1, 0.15) is 29.5 Å². The molecule has 0 spiro atoms. The molecule has 3 aromatic carbocycles. The molecule has 0 bridgehead atoms. The van der Waals surface area contributed by atoms with Gasteiger partial charge in [-0.2, -0.15) is 0 Å². The van der Waals surface area contributed by atoms with Gasteiger partial charge >= 0.3 is 6.03 Å². The van der Waals surface area contributed by atoms with Crippen LogP contribution in [0, 0.1) is 0 Å². The van der Waals surface area contributed by atoms with E-state index in [0.29, 0.717) is 60.3 Å². The fourth-order valence-corrected chi connectivity index (χ4v) is 4.78. The van der Waals surface area contributed by atoms with Crippen LogP contribution in [0.15, 0.2) is 66.7 Å². The smallest absolute Gasteiger partial charge is 0.323 e. The molecule has 0 saturated carbocycles. The zero-order valence-electron chi connectivity index (χ0n) is 21.2. The third-order valence-corrected chi connectivity index (χ3v) is 6.61. The molecule has 190 valence electrons. The summed E-state index contributed by atoms with van der Waals surface area (Å²) in [4.78, 5) is 24.7. The van der Waals surface area contributed by atoms with Gasteiger partial charge in [0, 0.05) is 19.0 Å². The Kier molecular flexibility index (Phi) is 7.07. The van der Waals surface area contributed by atoms with Gasteiger partial charge in [0.2, 0.25) is 0 Å². The highest BCUT2D eigenvalue weighted by Crippen LogP contribution is 2.39. The number of anilines is 1. The van der Waals surface area contributed by atoms with Crippen molar-refractivity contribution in [3.63, 3.8) is 0 Å². The number of hydrogen-bond acceptors (Lipinski definition) is 6. The first-order valence-electron chi connectivity index (χ1n) is 12.4. The van der Waals surface area contributed by atoms with Gasteiger partial charge in [0.25, 0.3) is 5.88 Å². The van der Waals surface area contributed by atoms with Gasteiger partial charge in [-0.3, -0.25) is 5.32 Å². The molecule has 0 radical (unpaired) electrons. The van der Waals surface area contributed by atoms with E-state index in [4.69, 9.17) is 14.2 Å². The number of nitrogens with one attached hydrogen (secondary N) is 1. The van der Waals surface area contributed by atoms with Crippen molar-refractivity contribution in [2.75, 3.05) is 39.2 Å². The Balaban J connectivity index is 1.49. The van der Waals surface area contributed by atoms with E-state index in [1.54, 1.807) is 14.2 Å². The summed E-state index contributed by atoms with van der Waals surface area (Å²) in [7, 11) is 3.27. The molecule has 0 aliphatic carbocycles. The van der Waals surface area contributed by atoms with Crippen molar-refractivity contribution in [2.45, 2.75) is 19.3 Å². The third-order valence-electron chi connectivity index (χ3n) is 6.61. The van der Waals surface area contributed by atoms with E-state index in [1.165, 1.54) is 0 Å². The van der Waals surface area contributed by atoms with Crippen LogP contribution in [-0.4, -0.2) is 54.8 Å². The van der Waals surface area contributed by atoms with Gasteiger partial charge in [0.15, 0.2) is 17.3 Å². The van der Waals surface area contributed by atoms with Crippen LogP contribution in [0.3, 0.4) is 0 Å². The van der Waals surface area contributed by atoms with Crippen molar-refractivity contribution < 1.29 is 19.0 Å². The number of hydrogen-bond donors (Lipinski definition) is 1. The molecule has 8 nitrogen and oxygen atoms in total. The molecular weight excluding hydrogens is 468 g/mol. The van der Waals surface area contributed by atoms with Crippen LogP contribution in [0.4, 0.5) is 10.6 Å². The average Bonchev–Trinajstić information content (AvgIpc) is 3.12. The number of urea groups is 1. The maximum atomic E-state index is 13.6. The Morgan fingerprint density at radius 1 is 0.973 bits per heavy atom. The summed E-state index contributed by atoms with van der Waals surface area (Å²) < 4.78 is 16.9. The molecule has 1 aromatic heterocycles. The monoisotopic (exact) mass is 498 g/mol. The lowest BCUT2D eigenvalue weighted by Crippen LogP contribution is -2.38. The lowest BCUT2D eigenvalue weighted by Gasteiger charge is -2.26. The van der Waals surface area contributed by atoms with Crippen LogP contribution in [0.25, 0.3) is 11.0 Å². The van der Waals surface area contributed by atoms with Crippen molar-refractivity contribution in [3.8, 4) is 17.4 Å². The molecule has 0 fully saturated rings. The number of carbonyl (C=O) groups excluding carboxylic acids is 1. The van der Waals surface area contributed by atoms with Gasteiger partial charge in [-0.05, 0) is 54.3 Å². The van der Waals surface area contributed by atoms with E-state index in [-0.39, 0.29) is 11.9 Å². The van der Waals surface area contributed by atoms with Crippen LogP contribution >= 0.6 is 0 Å². The zero-order chi connectivity index (χ0) is 25.8. The maximum Gasteiger partial charge on any atom is 0.323 e. The number of ether oxygens (including phenoxy) is 3. The molecule has 8 heteroatoms. The lowest BCUT2D eigenvalue weighted by atomic mass is 9.87. The number of aromatic nitrogens is 2. The minimum absolute atomic E-state index is 0.0432. The molecule has 1 aliphatic rings. The molecule has 1 N–H and O–H groups in total. The Morgan fingerprint density at radius 3 is 2.35 bits per heavy atom. The number of fused-ring (bicyclic) bond motifs is 2. The maximum absolute atomic E-state index is 13.6. The molecule has 0 saturated heterocycles. The predicted octanol–water partition coefficient (Wildman–Crippen LogP) is 5.27. The fourth-order valence-electron chi connectivity index (χ4n) is 4.78. The Hall–Kier alpha value is -4.33. The first kappa shape index (κ1) is 24.4. The van der Waals surface area contributed by atoms with Crippen LogP contribution in [0.5, 0.6) is 17.4 Å². The molecule has 1 aliphatic heterocycles. The predicted molar refractivity (Wildman–Crippen MR) is 143 cm³/mol. The Labute approximate surface area is 216 Å². The third kappa shape index (κ3) is 5.00.